The van der Waals surface area contributed by atoms with E-state index in [1.807, 2.05) is 23.1 Å². The topological polar surface area (TPSA) is 95.1 Å². The molecule has 34 heavy (non-hydrogen) atoms. The van der Waals surface area contributed by atoms with Gasteiger partial charge in [0.15, 0.2) is 0 Å². The van der Waals surface area contributed by atoms with Crippen molar-refractivity contribution in [2.45, 2.75) is 13.0 Å². The van der Waals surface area contributed by atoms with Crippen molar-refractivity contribution >= 4 is 35.4 Å². The van der Waals surface area contributed by atoms with Crippen molar-refractivity contribution in [2.24, 2.45) is 0 Å². The first kappa shape index (κ1) is 23.2. The molecule has 0 bridgehead atoms. The largest absolute Gasteiger partial charge is 0.442 e. The van der Waals surface area contributed by atoms with Gasteiger partial charge in [0.1, 0.15) is 11.9 Å². The van der Waals surface area contributed by atoms with Crippen LogP contribution >= 0.6 is 0 Å². The van der Waals surface area contributed by atoms with Gasteiger partial charge in [0.25, 0.3) is 0 Å². The van der Waals surface area contributed by atoms with Gasteiger partial charge in [-0.25, -0.2) is 9.18 Å². The van der Waals surface area contributed by atoms with E-state index in [9.17, 15) is 18.8 Å². The number of cyclic esters (lactones) is 1. The lowest BCUT2D eigenvalue weighted by atomic mass is 10.2. The van der Waals surface area contributed by atoms with Crippen molar-refractivity contribution in [1.29, 1.82) is 0 Å². The van der Waals surface area contributed by atoms with Crippen LogP contribution in [0.4, 0.5) is 20.6 Å². The molecule has 9 nitrogen and oxygen atoms in total. The standard InChI is InChI=1S/C24H26FN5O4/c1-17(31)27-15-20-16-30(24(33)34-20)19-6-7-22(21(25)14-19)28-10-12-29(13-11-28)23(32)8-5-18-4-2-3-9-26-18/h2-9,14,20H,10-13,15-16H2,1H3,(H,27,31)/b8-5+/t20-/m0/s1. The molecular weight excluding hydrogens is 441 g/mol. The molecule has 0 spiro atoms. The number of piperazine rings is 1. The van der Waals surface area contributed by atoms with E-state index in [-0.39, 0.29) is 24.9 Å². The zero-order chi connectivity index (χ0) is 24.1. The van der Waals surface area contributed by atoms with Gasteiger partial charge in [-0.2, -0.15) is 0 Å². The number of amides is 3. The molecule has 1 aromatic carbocycles. The van der Waals surface area contributed by atoms with E-state index < -0.39 is 18.0 Å². The molecule has 3 amide bonds. The summed E-state index contributed by atoms with van der Waals surface area (Å²) < 4.78 is 20.2. The SMILES string of the molecule is CC(=O)NC[C@H]1CN(c2ccc(N3CCN(C(=O)/C=C/c4ccccn4)CC3)c(F)c2)C(=O)O1. The highest BCUT2D eigenvalue weighted by Crippen LogP contribution is 2.28. The average Bonchev–Trinajstić information content (AvgIpc) is 3.22. The zero-order valence-corrected chi connectivity index (χ0v) is 18.8. The highest BCUT2D eigenvalue weighted by molar-refractivity contribution is 5.92. The summed E-state index contributed by atoms with van der Waals surface area (Å²) in [7, 11) is 0. The van der Waals surface area contributed by atoms with E-state index >= 15 is 0 Å². The van der Waals surface area contributed by atoms with Crippen molar-refractivity contribution in [2.75, 3.05) is 49.1 Å². The number of pyridine rings is 1. The Morgan fingerprint density at radius 3 is 2.68 bits per heavy atom. The second kappa shape index (κ2) is 10.3. The van der Waals surface area contributed by atoms with Crippen LogP contribution in [-0.4, -0.2) is 73.2 Å². The lowest BCUT2D eigenvalue weighted by Crippen LogP contribution is -2.48. The van der Waals surface area contributed by atoms with Crippen molar-refractivity contribution in [3.63, 3.8) is 0 Å². The number of carbonyl (C=O) groups excluding carboxylic acids is 3. The van der Waals surface area contributed by atoms with Gasteiger partial charge in [0.2, 0.25) is 11.8 Å². The molecule has 2 aromatic rings. The minimum absolute atomic E-state index is 0.109. The summed E-state index contributed by atoms with van der Waals surface area (Å²) in [5, 5.41) is 2.61. The van der Waals surface area contributed by atoms with Crippen LogP contribution in [0.3, 0.4) is 0 Å². The summed E-state index contributed by atoms with van der Waals surface area (Å²) >= 11 is 0. The summed E-state index contributed by atoms with van der Waals surface area (Å²) in [6, 6.07) is 10.1. The number of hydrogen-bond acceptors (Lipinski definition) is 6. The molecule has 1 N–H and O–H groups in total. The number of aromatic nitrogens is 1. The van der Waals surface area contributed by atoms with Gasteiger partial charge in [-0.05, 0) is 36.4 Å². The van der Waals surface area contributed by atoms with Crippen molar-refractivity contribution in [3.05, 3.63) is 60.2 Å². The molecule has 10 heteroatoms. The summed E-state index contributed by atoms with van der Waals surface area (Å²) in [5.41, 5.74) is 1.52. The van der Waals surface area contributed by atoms with Crippen molar-refractivity contribution < 1.29 is 23.5 Å². The average molecular weight is 468 g/mol. The smallest absolute Gasteiger partial charge is 0.414 e. The van der Waals surface area contributed by atoms with Gasteiger partial charge in [-0.3, -0.25) is 19.5 Å². The van der Waals surface area contributed by atoms with Gasteiger partial charge < -0.3 is 19.9 Å². The quantitative estimate of drug-likeness (QED) is 0.654. The number of halogens is 1. The number of nitrogens with one attached hydrogen (secondary N) is 1. The Hall–Kier alpha value is -3.95. The van der Waals surface area contributed by atoms with Crippen LogP contribution in [0.15, 0.2) is 48.7 Å². The number of ether oxygens (including phenoxy) is 1. The Morgan fingerprint density at radius 2 is 2.00 bits per heavy atom. The molecule has 1 aromatic heterocycles. The van der Waals surface area contributed by atoms with E-state index in [0.29, 0.717) is 43.2 Å². The van der Waals surface area contributed by atoms with Gasteiger partial charge in [-0.15, -0.1) is 0 Å². The Balaban J connectivity index is 1.33. The predicted molar refractivity (Wildman–Crippen MR) is 125 cm³/mol. The third-order valence-electron chi connectivity index (χ3n) is 5.71. The lowest BCUT2D eigenvalue weighted by molar-refractivity contribution is -0.126. The number of hydrogen-bond donors (Lipinski definition) is 1. The fraction of sp³-hybridized carbons (Fsp3) is 0.333. The predicted octanol–water partition coefficient (Wildman–Crippen LogP) is 2.04. The summed E-state index contributed by atoms with van der Waals surface area (Å²) in [6.07, 6.45) is 3.78. The van der Waals surface area contributed by atoms with E-state index in [4.69, 9.17) is 4.74 Å². The van der Waals surface area contributed by atoms with Gasteiger partial charge >= 0.3 is 6.09 Å². The first-order valence-electron chi connectivity index (χ1n) is 11.1. The van der Waals surface area contributed by atoms with Gasteiger partial charge in [0, 0.05) is 45.4 Å². The molecule has 0 radical (unpaired) electrons. The Morgan fingerprint density at radius 1 is 1.21 bits per heavy atom. The number of benzene rings is 1. The van der Waals surface area contributed by atoms with Crippen molar-refractivity contribution in [1.82, 2.24) is 15.2 Å². The molecule has 2 aliphatic rings. The lowest BCUT2D eigenvalue weighted by Gasteiger charge is -2.36. The highest BCUT2D eigenvalue weighted by atomic mass is 19.1. The van der Waals surface area contributed by atoms with Crippen LogP contribution in [0.5, 0.6) is 0 Å². The zero-order valence-electron chi connectivity index (χ0n) is 18.8. The second-order valence-corrected chi connectivity index (χ2v) is 8.09. The molecule has 2 fully saturated rings. The molecular formula is C24H26FN5O4. The number of carbonyl (C=O) groups is 3. The fourth-order valence-electron chi connectivity index (χ4n) is 3.92. The summed E-state index contributed by atoms with van der Waals surface area (Å²) in [6.45, 7) is 3.74. The first-order chi connectivity index (χ1) is 16.4. The van der Waals surface area contributed by atoms with Crippen molar-refractivity contribution in [3.8, 4) is 0 Å². The maximum Gasteiger partial charge on any atom is 0.414 e. The van der Waals surface area contributed by atoms with Crippen LogP contribution in [0.1, 0.15) is 12.6 Å². The van der Waals surface area contributed by atoms with Crippen LogP contribution < -0.4 is 15.1 Å². The molecule has 2 aliphatic heterocycles. The van der Waals surface area contributed by atoms with Crippen LogP contribution in [0.25, 0.3) is 6.08 Å². The Labute approximate surface area is 196 Å². The van der Waals surface area contributed by atoms with E-state index in [0.717, 1.165) is 0 Å². The van der Waals surface area contributed by atoms with Gasteiger partial charge in [0.05, 0.1) is 30.2 Å². The van der Waals surface area contributed by atoms with Crippen LogP contribution in [-0.2, 0) is 14.3 Å². The van der Waals surface area contributed by atoms with Crippen LogP contribution in [0, 0.1) is 5.82 Å². The number of rotatable bonds is 6. The van der Waals surface area contributed by atoms with E-state index in [1.54, 1.807) is 29.3 Å². The first-order valence-corrected chi connectivity index (χ1v) is 11.1. The normalized spacial score (nSPS) is 18.4. The molecule has 0 aliphatic carbocycles. The third kappa shape index (κ3) is 5.51. The molecule has 3 heterocycles. The Kier molecular flexibility index (Phi) is 7.05. The third-order valence-corrected chi connectivity index (χ3v) is 5.71. The molecule has 0 saturated carbocycles. The molecule has 2 saturated heterocycles. The number of anilines is 2. The summed E-state index contributed by atoms with van der Waals surface area (Å²) in [4.78, 5) is 44.8. The monoisotopic (exact) mass is 467 g/mol. The minimum atomic E-state index is -0.576. The van der Waals surface area contributed by atoms with E-state index in [2.05, 4.69) is 10.3 Å². The molecule has 178 valence electrons. The maximum atomic E-state index is 15.0. The second-order valence-electron chi connectivity index (χ2n) is 8.09. The summed E-state index contributed by atoms with van der Waals surface area (Å²) in [5.74, 6) is -0.774. The highest BCUT2D eigenvalue weighted by Gasteiger charge is 2.33. The molecule has 1 atom stereocenters. The maximum absolute atomic E-state index is 15.0. The Bertz CT molecular complexity index is 1090. The fourth-order valence-corrected chi connectivity index (χ4v) is 3.92. The molecule has 4 rings (SSSR count). The van der Waals surface area contributed by atoms with Crippen LogP contribution in [0.2, 0.25) is 0 Å². The minimum Gasteiger partial charge on any atom is -0.442 e. The van der Waals surface area contributed by atoms with Gasteiger partial charge in [-0.1, -0.05) is 6.07 Å². The number of nitrogens with zero attached hydrogens (tertiary/aromatic N) is 4. The van der Waals surface area contributed by atoms with E-state index in [1.165, 1.54) is 24.0 Å². The molecule has 0 unspecified atom stereocenters.